The SMILES string of the molecule is COc1ccc(/C=C/C(=O)Nc2cc(-c3ccc(C)cc3)[nH]n2)cc1. The van der Waals surface area contributed by atoms with Crippen LogP contribution in [0.2, 0.25) is 0 Å². The highest BCUT2D eigenvalue weighted by molar-refractivity contribution is 6.01. The van der Waals surface area contributed by atoms with Gasteiger partial charge in [0, 0.05) is 12.1 Å². The molecule has 0 unspecified atom stereocenters. The van der Waals surface area contributed by atoms with Crippen LogP contribution in [0.15, 0.2) is 60.7 Å². The van der Waals surface area contributed by atoms with Crippen molar-refractivity contribution < 1.29 is 9.53 Å². The van der Waals surface area contributed by atoms with Crippen LogP contribution >= 0.6 is 0 Å². The third-order valence-corrected chi connectivity index (χ3v) is 3.73. The summed E-state index contributed by atoms with van der Waals surface area (Å²) < 4.78 is 5.10. The van der Waals surface area contributed by atoms with E-state index in [1.807, 2.05) is 61.5 Å². The van der Waals surface area contributed by atoms with Gasteiger partial charge < -0.3 is 10.1 Å². The smallest absolute Gasteiger partial charge is 0.249 e. The van der Waals surface area contributed by atoms with Gasteiger partial charge in [0.2, 0.25) is 5.91 Å². The van der Waals surface area contributed by atoms with Gasteiger partial charge in [-0.25, -0.2) is 0 Å². The van der Waals surface area contributed by atoms with Crippen LogP contribution in [0.3, 0.4) is 0 Å². The first-order chi connectivity index (χ1) is 12.1. The minimum absolute atomic E-state index is 0.238. The zero-order valence-corrected chi connectivity index (χ0v) is 14.1. The van der Waals surface area contributed by atoms with Gasteiger partial charge in [-0.3, -0.25) is 9.89 Å². The molecule has 0 fully saturated rings. The third kappa shape index (κ3) is 4.35. The minimum atomic E-state index is -0.238. The summed E-state index contributed by atoms with van der Waals surface area (Å²) in [5.74, 6) is 1.03. The van der Waals surface area contributed by atoms with Crippen molar-refractivity contribution in [1.82, 2.24) is 10.2 Å². The lowest BCUT2D eigenvalue weighted by atomic mass is 10.1. The summed E-state index contributed by atoms with van der Waals surface area (Å²) in [4.78, 5) is 12.0. The van der Waals surface area contributed by atoms with E-state index >= 15 is 0 Å². The molecule has 0 atom stereocenters. The Balaban J connectivity index is 1.63. The molecule has 1 aromatic heterocycles. The number of amides is 1. The molecule has 5 nitrogen and oxygen atoms in total. The second kappa shape index (κ2) is 7.49. The number of nitrogens with one attached hydrogen (secondary N) is 2. The third-order valence-electron chi connectivity index (χ3n) is 3.73. The number of nitrogens with zero attached hydrogens (tertiary/aromatic N) is 1. The van der Waals surface area contributed by atoms with Crippen molar-refractivity contribution in [3.63, 3.8) is 0 Å². The highest BCUT2D eigenvalue weighted by Crippen LogP contribution is 2.20. The van der Waals surface area contributed by atoms with Gasteiger partial charge in [-0.2, -0.15) is 5.10 Å². The predicted octanol–water partition coefficient (Wildman–Crippen LogP) is 4.05. The van der Waals surface area contributed by atoms with Gasteiger partial charge in [0.05, 0.1) is 12.8 Å². The number of methoxy groups -OCH3 is 1. The van der Waals surface area contributed by atoms with Gasteiger partial charge in [-0.15, -0.1) is 0 Å². The van der Waals surface area contributed by atoms with Crippen LogP contribution in [-0.4, -0.2) is 23.2 Å². The predicted molar refractivity (Wildman–Crippen MR) is 99.4 cm³/mol. The highest BCUT2D eigenvalue weighted by atomic mass is 16.5. The molecule has 2 aromatic carbocycles. The van der Waals surface area contributed by atoms with E-state index in [1.54, 1.807) is 13.2 Å². The maximum atomic E-state index is 12.0. The van der Waals surface area contributed by atoms with E-state index in [0.29, 0.717) is 5.82 Å². The topological polar surface area (TPSA) is 67.0 Å². The van der Waals surface area contributed by atoms with Crippen molar-refractivity contribution in [3.05, 3.63) is 71.8 Å². The van der Waals surface area contributed by atoms with E-state index in [4.69, 9.17) is 4.74 Å². The van der Waals surface area contributed by atoms with E-state index in [-0.39, 0.29) is 5.91 Å². The first-order valence-electron chi connectivity index (χ1n) is 7.89. The van der Waals surface area contributed by atoms with E-state index in [2.05, 4.69) is 15.5 Å². The Hall–Kier alpha value is -3.34. The van der Waals surface area contributed by atoms with Gasteiger partial charge in [-0.1, -0.05) is 42.0 Å². The number of rotatable bonds is 5. The molecule has 2 N–H and O–H groups in total. The average molecular weight is 333 g/mol. The fourth-order valence-corrected chi connectivity index (χ4v) is 2.32. The molecule has 0 saturated carbocycles. The number of hydrogen-bond donors (Lipinski definition) is 2. The first-order valence-corrected chi connectivity index (χ1v) is 7.89. The number of ether oxygens (including phenoxy) is 1. The number of aryl methyl sites for hydroxylation is 1. The molecule has 3 aromatic rings. The van der Waals surface area contributed by atoms with Crippen molar-refractivity contribution in [2.24, 2.45) is 0 Å². The fraction of sp³-hybridized carbons (Fsp3) is 0.100. The molecule has 0 aliphatic rings. The van der Waals surface area contributed by atoms with Gasteiger partial charge in [0.15, 0.2) is 5.82 Å². The highest BCUT2D eigenvalue weighted by Gasteiger charge is 2.05. The summed E-state index contributed by atoms with van der Waals surface area (Å²) >= 11 is 0. The Labute approximate surface area is 146 Å². The standard InChI is InChI=1S/C20H19N3O2/c1-14-3-8-16(9-4-14)18-13-19(23-22-18)21-20(24)12-7-15-5-10-17(25-2)11-6-15/h3-13H,1-2H3,(H2,21,22,23,24)/b12-7+. The molecular weight excluding hydrogens is 314 g/mol. The number of carbonyl (C=O) groups excluding carboxylic acids is 1. The molecule has 0 saturated heterocycles. The number of aromatic nitrogens is 2. The Morgan fingerprint density at radius 2 is 1.84 bits per heavy atom. The van der Waals surface area contributed by atoms with Crippen LogP contribution in [0.25, 0.3) is 17.3 Å². The number of hydrogen-bond acceptors (Lipinski definition) is 3. The van der Waals surface area contributed by atoms with Gasteiger partial charge in [-0.05, 0) is 36.3 Å². The largest absolute Gasteiger partial charge is 0.497 e. The molecule has 5 heteroatoms. The van der Waals surface area contributed by atoms with Gasteiger partial charge in [0.25, 0.3) is 0 Å². The van der Waals surface area contributed by atoms with Crippen LogP contribution in [0.4, 0.5) is 5.82 Å². The summed E-state index contributed by atoms with van der Waals surface area (Å²) in [6.07, 6.45) is 3.21. The lowest BCUT2D eigenvalue weighted by molar-refractivity contribution is -0.111. The van der Waals surface area contributed by atoms with Crippen molar-refractivity contribution >= 4 is 17.8 Å². The molecule has 3 rings (SSSR count). The van der Waals surface area contributed by atoms with Crippen molar-refractivity contribution in [2.45, 2.75) is 6.92 Å². The van der Waals surface area contributed by atoms with E-state index in [9.17, 15) is 4.79 Å². The second-order valence-corrected chi connectivity index (χ2v) is 5.63. The van der Waals surface area contributed by atoms with E-state index < -0.39 is 0 Å². The molecule has 0 bridgehead atoms. The van der Waals surface area contributed by atoms with Crippen LogP contribution in [0, 0.1) is 6.92 Å². The summed E-state index contributed by atoms with van der Waals surface area (Å²) in [5.41, 5.74) is 3.99. The lowest BCUT2D eigenvalue weighted by Crippen LogP contribution is -2.07. The minimum Gasteiger partial charge on any atom is -0.497 e. The van der Waals surface area contributed by atoms with Gasteiger partial charge >= 0.3 is 0 Å². The summed E-state index contributed by atoms with van der Waals surface area (Å²) in [5, 5.41) is 9.80. The molecule has 1 amide bonds. The molecule has 1 heterocycles. The second-order valence-electron chi connectivity index (χ2n) is 5.63. The van der Waals surface area contributed by atoms with Crippen LogP contribution in [0.1, 0.15) is 11.1 Å². The molecule has 0 aliphatic carbocycles. The first kappa shape index (κ1) is 16.5. The molecular formula is C20H19N3O2. The summed E-state index contributed by atoms with van der Waals surface area (Å²) in [6.45, 7) is 2.04. The molecule has 25 heavy (non-hydrogen) atoms. The zero-order chi connectivity index (χ0) is 17.6. The molecule has 0 radical (unpaired) electrons. The normalized spacial score (nSPS) is 10.8. The van der Waals surface area contributed by atoms with E-state index in [1.165, 1.54) is 11.6 Å². The number of anilines is 1. The Morgan fingerprint density at radius 3 is 2.52 bits per heavy atom. The zero-order valence-electron chi connectivity index (χ0n) is 14.1. The van der Waals surface area contributed by atoms with Crippen LogP contribution < -0.4 is 10.1 Å². The van der Waals surface area contributed by atoms with Crippen molar-refractivity contribution in [2.75, 3.05) is 12.4 Å². The Bertz CT molecular complexity index is 878. The van der Waals surface area contributed by atoms with Crippen molar-refractivity contribution in [3.8, 4) is 17.0 Å². The Morgan fingerprint density at radius 1 is 1.12 bits per heavy atom. The summed E-state index contributed by atoms with van der Waals surface area (Å²) in [6, 6.07) is 17.4. The van der Waals surface area contributed by atoms with Crippen LogP contribution in [0.5, 0.6) is 5.75 Å². The fourth-order valence-electron chi connectivity index (χ4n) is 2.32. The number of benzene rings is 2. The summed E-state index contributed by atoms with van der Waals surface area (Å²) in [7, 11) is 1.62. The number of carbonyl (C=O) groups is 1. The Kier molecular flexibility index (Phi) is 4.95. The molecule has 126 valence electrons. The van der Waals surface area contributed by atoms with E-state index in [0.717, 1.165) is 22.6 Å². The monoisotopic (exact) mass is 333 g/mol. The number of aromatic amines is 1. The number of H-pyrrole nitrogens is 1. The maximum Gasteiger partial charge on any atom is 0.249 e. The molecule has 0 spiro atoms. The quantitative estimate of drug-likeness (QED) is 0.692. The maximum absolute atomic E-state index is 12.0. The molecule has 0 aliphatic heterocycles. The van der Waals surface area contributed by atoms with Gasteiger partial charge in [0.1, 0.15) is 5.75 Å². The average Bonchev–Trinajstić information content (AvgIpc) is 3.09. The lowest BCUT2D eigenvalue weighted by Gasteiger charge is -1.99. The van der Waals surface area contributed by atoms with Crippen molar-refractivity contribution in [1.29, 1.82) is 0 Å². The van der Waals surface area contributed by atoms with Crippen LogP contribution in [-0.2, 0) is 4.79 Å².